The van der Waals surface area contributed by atoms with E-state index in [-0.39, 0.29) is 11.2 Å². The van der Waals surface area contributed by atoms with Gasteiger partial charge in [-0.1, -0.05) is 27.5 Å². The van der Waals surface area contributed by atoms with Crippen LogP contribution in [-0.4, -0.2) is 19.0 Å². The van der Waals surface area contributed by atoms with Crippen molar-refractivity contribution in [3.05, 3.63) is 57.7 Å². The van der Waals surface area contributed by atoms with Crippen LogP contribution in [0.15, 0.2) is 51.7 Å². The first-order chi connectivity index (χ1) is 12.1. The van der Waals surface area contributed by atoms with Gasteiger partial charge in [-0.05, 0) is 42.8 Å². The summed E-state index contributed by atoms with van der Waals surface area (Å²) >= 11 is 9.32. The molecule has 3 rings (SSSR count). The molecular formula is C19H16BrClO4. The van der Waals surface area contributed by atoms with Gasteiger partial charge < -0.3 is 13.9 Å². The number of hydrogen-bond donors (Lipinski definition) is 0. The van der Waals surface area contributed by atoms with Crippen LogP contribution in [0.5, 0.6) is 11.5 Å². The molecule has 3 aromatic rings. The van der Waals surface area contributed by atoms with Crippen molar-refractivity contribution in [3.8, 4) is 22.8 Å². The molecular weight excluding hydrogens is 408 g/mol. The Bertz CT molecular complexity index is 935. The molecule has 1 heterocycles. The van der Waals surface area contributed by atoms with Crippen molar-refractivity contribution in [2.24, 2.45) is 0 Å². The average molecular weight is 424 g/mol. The summed E-state index contributed by atoms with van der Waals surface area (Å²) in [5.74, 6) is 1.21. The van der Waals surface area contributed by atoms with Gasteiger partial charge in [-0.25, -0.2) is 0 Å². The quantitative estimate of drug-likeness (QED) is 0.399. The van der Waals surface area contributed by atoms with E-state index in [1.165, 1.54) is 0 Å². The largest absolute Gasteiger partial charge is 0.497 e. The normalized spacial score (nSPS) is 10.8. The van der Waals surface area contributed by atoms with Crippen LogP contribution in [0.2, 0.25) is 5.02 Å². The number of halogens is 2. The Kier molecular flexibility index (Phi) is 5.66. The lowest BCUT2D eigenvalue weighted by Gasteiger charge is -2.12. The summed E-state index contributed by atoms with van der Waals surface area (Å²) in [7, 11) is 1.57. The van der Waals surface area contributed by atoms with Gasteiger partial charge >= 0.3 is 0 Å². The predicted octanol–water partition coefficient (Wildman–Crippen LogP) is 5.29. The number of hydrogen-bond acceptors (Lipinski definition) is 4. The minimum atomic E-state index is -0.205. The van der Waals surface area contributed by atoms with Gasteiger partial charge in [0.25, 0.3) is 0 Å². The summed E-state index contributed by atoms with van der Waals surface area (Å²) in [5, 5.41) is 1.85. The first-order valence-corrected chi connectivity index (χ1v) is 9.23. The van der Waals surface area contributed by atoms with Crippen molar-refractivity contribution in [2.75, 3.05) is 19.0 Å². The number of methoxy groups -OCH3 is 1. The van der Waals surface area contributed by atoms with E-state index in [1.807, 2.05) is 0 Å². The van der Waals surface area contributed by atoms with Crippen LogP contribution in [0, 0.1) is 0 Å². The molecule has 25 heavy (non-hydrogen) atoms. The summed E-state index contributed by atoms with van der Waals surface area (Å²) in [4.78, 5) is 12.9. The maximum Gasteiger partial charge on any atom is 0.235 e. The fourth-order valence-electron chi connectivity index (χ4n) is 2.43. The lowest BCUT2D eigenvalue weighted by Crippen LogP contribution is -2.11. The fourth-order valence-corrected chi connectivity index (χ4v) is 2.79. The van der Waals surface area contributed by atoms with Gasteiger partial charge in [0.2, 0.25) is 11.2 Å². The highest BCUT2D eigenvalue weighted by Gasteiger charge is 2.18. The Balaban J connectivity index is 2.20. The number of fused-ring (bicyclic) bond motifs is 1. The zero-order chi connectivity index (χ0) is 17.8. The van der Waals surface area contributed by atoms with Gasteiger partial charge in [-0.3, -0.25) is 4.79 Å². The van der Waals surface area contributed by atoms with Gasteiger partial charge in [0.15, 0.2) is 5.76 Å². The summed E-state index contributed by atoms with van der Waals surface area (Å²) in [5.41, 5.74) is 0.964. The third-order valence-corrected chi connectivity index (χ3v) is 4.50. The van der Waals surface area contributed by atoms with Crippen LogP contribution < -0.4 is 14.9 Å². The zero-order valence-electron chi connectivity index (χ0n) is 13.6. The number of rotatable bonds is 6. The summed E-state index contributed by atoms with van der Waals surface area (Å²) in [6.45, 7) is 0.415. The van der Waals surface area contributed by atoms with Crippen LogP contribution in [-0.2, 0) is 0 Å². The Hall–Kier alpha value is -1.98. The lowest BCUT2D eigenvalue weighted by atomic mass is 10.1. The van der Waals surface area contributed by atoms with E-state index in [0.29, 0.717) is 34.1 Å². The molecule has 0 amide bonds. The molecule has 0 aliphatic rings. The average Bonchev–Trinajstić information content (AvgIpc) is 2.63. The van der Waals surface area contributed by atoms with E-state index in [0.717, 1.165) is 17.3 Å². The molecule has 4 nitrogen and oxygen atoms in total. The Labute approximate surface area is 158 Å². The molecule has 0 aliphatic carbocycles. The second kappa shape index (κ2) is 7.93. The summed E-state index contributed by atoms with van der Waals surface area (Å²) in [6, 6.07) is 12.2. The van der Waals surface area contributed by atoms with Crippen molar-refractivity contribution in [3.63, 3.8) is 0 Å². The third kappa shape index (κ3) is 3.83. The molecule has 0 atom stereocenters. The van der Waals surface area contributed by atoms with E-state index < -0.39 is 0 Å². The number of alkyl halides is 1. The highest BCUT2D eigenvalue weighted by molar-refractivity contribution is 9.09. The molecule has 0 bridgehead atoms. The minimum absolute atomic E-state index is 0.205. The van der Waals surface area contributed by atoms with Gasteiger partial charge in [0.1, 0.15) is 11.3 Å². The molecule has 0 spiro atoms. The molecule has 0 radical (unpaired) electrons. The van der Waals surface area contributed by atoms with Gasteiger partial charge in [0, 0.05) is 22.0 Å². The van der Waals surface area contributed by atoms with Gasteiger partial charge in [0.05, 0.1) is 19.1 Å². The van der Waals surface area contributed by atoms with Crippen LogP contribution in [0.3, 0.4) is 0 Å². The van der Waals surface area contributed by atoms with Crippen molar-refractivity contribution in [2.45, 2.75) is 6.42 Å². The minimum Gasteiger partial charge on any atom is -0.497 e. The van der Waals surface area contributed by atoms with E-state index in [4.69, 9.17) is 25.5 Å². The Morgan fingerprint density at radius 1 is 1.16 bits per heavy atom. The summed E-state index contributed by atoms with van der Waals surface area (Å²) < 4.78 is 17.0. The second-order valence-corrected chi connectivity index (χ2v) is 6.58. The van der Waals surface area contributed by atoms with Crippen molar-refractivity contribution in [1.82, 2.24) is 0 Å². The molecule has 6 heteroatoms. The van der Waals surface area contributed by atoms with Crippen molar-refractivity contribution >= 4 is 38.5 Å². The van der Waals surface area contributed by atoms with Crippen molar-refractivity contribution in [1.29, 1.82) is 0 Å². The first-order valence-electron chi connectivity index (χ1n) is 7.73. The van der Waals surface area contributed by atoms with Crippen LogP contribution in [0.25, 0.3) is 22.3 Å². The van der Waals surface area contributed by atoms with Gasteiger partial charge in [-0.15, -0.1) is 0 Å². The molecule has 0 saturated carbocycles. The van der Waals surface area contributed by atoms with Crippen LogP contribution >= 0.6 is 27.5 Å². The first kappa shape index (κ1) is 17.8. The molecule has 130 valence electrons. The monoisotopic (exact) mass is 422 g/mol. The fraction of sp³-hybridized carbons (Fsp3) is 0.211. The molecule has 1 aromatic heterocycles. The standard InChI is InChI=1S/C19H16BrClO4/c1-23-14-7-8-15-16(11-14)25-18(12-3-5-13(21)6-4-12)19(17(15)22)24-10-2-9-20/h3-8,11H,2,9-10H2,1H3. The number of benzene rings is 2. The van der Waals surface area contributed by atoms with Crippen molar-refractivity contribution < 1.29 is 13.9 Å². The van der Waals surface area contributed by atoms with Crippen LogP contribution in [0.1, 0.15) is 6.42 Å². The zero-order valence-corrected chi connectivity index (χ0v) is 15.9. The second-order valence-electron chi connectivity index (χ2n) is 5.35. The predicted molar refractivity (Wildman–Crippen MR) is 103 cm³/mol. The van der Waals surface area contributed by atoms with E-state index in [9.17, 15) is 4.79 Å². The third-order valence-electron chi connectivity index (χ3n) is 3.69. The SMILES string of the molecule is COc1ccc2c(=O)c(OCCCBr)c(-c3ccc(Cl)cc3)oc2c1. The smallest absolute Gasteiger partial charge is 0.235 e. The van der Waals surface area contributed by atoms with Gasteiger partial charge in [-0.2, -0.15) is 0 Å². The molecule has 0 N–H and O–H groups in total. The highest BCUT2D eigenvalue weighted by Crippen LogP contribution is 2.32. The maximum atomic E-state index is 12.9. The van der Waals surface area contributed by atoms with Crippen LogP contribution in [0.4, 0.5) is 0 Å². The molecule has 2 aromatic carbocycles. The molecule has 0 unspecified atom stereocenters. The highest BCUT2D eigenvalue weighted by atomic mass is 79.9. The maximum absolute atomic E-state index is 12.9. The van der Waals surface area contributed by atoms with E-state index in [1.54, 1.807) is 49.6 Å². The summed E-state index contributed by atoms with van der Waals surface area (Å²) in [6.07, 6.45) is 0.778. The molecule has 0 fully saturated rings. The Morgan fingerprint density at radius 3 is 2.60 bits per heavy atom. The van der Waals surface area contributed by atoms with E-state index in [2.05, 4.69) is 15.9 Å². The molecule has 0 saturated heterocycles. The Morgan fingerprint density at radius 2 is 1.92 bits per heavy atom. The lowest BCUT2D eigenvalue weighted by molar-refractivity contribution is 0.310. The van der Waals surface area contributed by atoms with E-state index >= 15 is 0 Å². The number of ether oxygens (including phenoxy) is 2. The topological polar surface area (TPSA) is 48.7 Å². The molecule has 0 aliphatic heterocycles.